The van der Waals surface area contributed by atoms with E-state index in [1.807, 2.05) is 0 Å². The molecule has 0 unspecified atom stereocenters. The van der Waals surface area contributed by atoms with Crippen LogP contribution in [0.1, 0.15) is 20.3 Å². The molecule has 0 bridgehead atoms. The molecule has 80 valence electrons. The van der Waals surface area contributed by atoms with Crippen LogP contribution in [0.5, 0.6) is 0 Å². The number of rotatable bonds is 5. The van der Waals surface area contributed by atoms with Crippen LogP contribution in [-0.4, -0.2) is 34.2 Å². The first-order chi connectivity index (χ1) is 6.52. The summed E-state index contributed by atoms with van der Waals surface area (Å²) in [5.41, 5.74) is 0. The number of aryl methyl sites for hydroxylation is 1. The Morgan fingerprint density at radius 2 is 2.14 bits per heavy atom. The summed E-state index contributed by atoms with van der Waals surface area (Å²) < 4.78 is 24.5. The second-order valence-electron chi connectivity index (χ2n) is 3.43. The number of aromatic nitrogens is 3. The van der Waals surface area contributed by atoms with Crippen molar-refractivity contribution in [1.29, 1.82) is 0 Å². The molecule has 1 aromatic heterocycles. The SMILES string of the molecule is CC(C)S(=O)(=O)CCCn1cncn1. The van der Waals surface area contributed by atoms with Crippen molar-refractivity contribution in [2.24, 2.45) is 0 Å². The lowest BCUT2D eigenvalue weighted by atomic mass is 10.5. The van der Waals surface area contributed by atoms with Crippen LogP contribution in [0.25, 0.3) is 0 Å². The Kier molecular flexibility index (Phi) is 3.62. The van der Waals surface area contributed by atoms with E-state index in [0.29, 0.717) is 13.0 Å². The zero-order valence-electron chi connectivity index (χ0n) is 8.42. The van der Waals surface area contributed by atoms with Crippen LogP contribution in [0.2, 0.25) is 0 Å². The van der Waals surface area contributed by atoms with E-state index in [4.69, 9.17) is 0 Å². The fraction of sp³-hybridized carbons (Fsp3) is 0.750. The Labute approximate surface area is 84.1 Å². The first-order valence-corrected chi connectivity index (χ1v) is 6.28. The van der Waals surface area contributed by atoms with Crippen LogP contribution in [0, 0.1) is 0 Å². The number of hydrogen-bond donors (Lipinski definition) is 0. The number of sulfone groups is 1. The van der Waals surface area contributed by atoms with Gasteiger partial charge in [-0.25, -0.2) is 13.4 Å². The average Bonchev–Trinajstić information content (AvgIpc) is 2.56. The van der Waals surface area contributed by atoms with Gasteiger partial charge in [0.25, 0.3) is 0 Å². The van der Waals surface area contributed by atoms with Crippen molar-refractivity contribution in [1.82, 2.24) is 14.8 Å². The number of nitrogens with zero attached hydrogens (tertiary/aromatic N) is 3. The lowest BCUT2D eigenvalue weighted by molar-refractivity contribution is 0.566. The minimum atomic E-state index is -2.91. The van der Waals surface area contributed by atoms with Gasteiger partial charge in [-0.3, -0.25) is 4.68 Å². The molecule has 6 heteroatoms. The minimum Gasteiger partial charge on any atom is -0.253 e. The van der Waals surface area contributed by atoms with E-state index in [2.05, 4.69) is 10.1 Å². The molecular formula is C8H15N3O2S. The third-order valence-electron chi connectivity index (χ3n) is 2.00. The lowest BCUT2D eigenvalue weighted by Crippen LogP contribution is -2.18. The smallest absolute Gasteiger partial charge is 0.152 e. The molecule has 0 aromatic carbocycles. The summed E-state index contributed by atoms with van der Waals surface area (Å²) >= 11 is 0. The van der Waals surface area contributed by atoms with E-state index in [0.717, 1.165) is 0 Å². The van der Waals surface area contributed by atoms with Crippen molar-refractivity contribution in [3.8, 4) is 0 Å². The fourth-order valence-corrected chi connectivity index (χ4v) is 2.01. The molecule has 0 N–H and O–H groups in total. The monoisotopic (exact) mass is 217 g/mol. The molecule has 1 rings (SSSR count). The molecule has 14 heavy (non-hydrogen) atoms. The maximum absolute atomic E-state index is 11.4. The molecule has 0 aliphatic heterocycles. The molecule has 0 saturated heterocycles. The van der Waals surface area contributed by atoms with E-state index in [9.17, 15) is 8.42 Å². The first-order valence-electron chi connectivity index (χ1n) is 4.56. The maximum atomic E-state index is 11.4. The Morgan fingerprint density at radius 3 is 2.64 bits per heavy atom. The van der Waals surface area contributed by atoms with Gasteiger partial charge in [-0.1, -0.05) is 0 Å². The zero-order chi connectivity index (χ0) is 10.6. The summed E-state index contributed by atoms with van der Waals surface area (Å²) in [5.74, 6) is 0.213. The van der Waals surface area contributed by atoms with Crippen LogP contribution < -0.4 is 0 Å². The van der Waals surface area contributed by atoms with E-state index >= 15 is 0 Å². The Morgan fingerprint density at radius 1 is 1.43 bits per heavy atom. The van der Waals surface area contributed by atoms with Gasteiger partial charge in [-0.05, 0) is 20.3 Å². The van der Waals surface area contributed by atoms with Gasteiger partial charge in [0, 0.05) is 6.54 Å². The normalized spacial score (nSPS) is 12.2. The molecular weight excluding hydrogens is 202 g/mol. The Balaban J connectivity index is 2.36. The zero-order valence-corrected chi connectivity index (χ0v) is 9.24. The Hall–Kier alpha value is -0.910. The average molecular weight is 217 g/mol. The highest BCUT2D eigenvalue weighted by molar-refractivity contribution is 7.91. The molecule has 5 nitrogen and oxygen atoms in total. The van der Waals surface area contributed by atoms with Gasteiger partial charge in [0.15, 0.2) is 9.84 Å². The van der Waals surface area contributed by atoms with E-state index < -0.39 is 9.84 Å². The van der Waals surface area contributed by atoms with Crippen molar-refractivity contribution in [3.05, 3.63) is 12.7 Å². The van der Waals surface area contributed by atoms with Crippen molar-refractivity contribution >= 4 is 9.84 Å². The molecule has 1 aromatic rings. The highest BCUT2D eigenvalue weighted by Crippen LogP contribution is 2.03. The first kappa shape index (κ1) is 11.2. The van der Waals surface area contributed by atoms with Gasteiger partial charge in [0.05, 0.1) is 11.0 Å². The predicted octanol–water partition coefficient (Wildman–Crippen LogP) is 0.491. The minimum absolute atomic E-state index is 0.213. The molecule has 0 saturated carbocycles. The van der Waals surface area contributed by atoms with Crippen LogP contribution in [-0.2, 0) is 16.4 Å². The summed E-state index contributed by atoms with van der Waals surface area (Å²) in [5, 5.41) is 3.60. The van der Waals surface area contributed by atoms with Gasteiger partial charge in [-0.2, -0.15) is 5.10 Å². The van der Waals surface area contributed by atoms with Gasteiger partial charge in [0.2, 0.25) is 0 Å². The number of hydrogen-bond acceptors (Lipinski definition) is 4. The summed E-state index contributed by atoms with van der Waals surface area (Å²) in [6.45, 7) is 4.00. The molecule has 0 atom stereocenters. The van der Waals surface area contributed by atoms with Crippen molar-refractivity contribution in [2.75, 3.05) is 5.75 Å². The largest absolute Gasteiger partial charge is 0.253 e. The van der Waals surface area contributed by atoms with Crippen molar-refractivity contribution in [3.63, 3.8) is 0 Å². The summed E-state index contributed by atoms with van der Waals surface area (Å²) in [6, 6.07) is 0. The molecule has 0 spiro atoms. The van der Waals surface area contributed by atoms with Gasteiger partial charge in [0.1, 0.15) is 12.7 Å². The Bertz CT molecular complexity index is 356. The standard InChI is InChI=1S/C8H15N3O2S/c1-8(2)14(12,13)5-3-4-11-7-9-6-10-11/h6-8H,3-5H2,1-2H3. The summed E-state index contributed by atoms with van der Waals surface area (Å²) in [4.78, 5) is 3.77. The molecule has 0 fully saturated rings. The quantitative estimate of drug-likeness (QED) is 0.720. The highest BCUT2D eigenvalue weighted by Gasteiger charge is 2.14. The summed E-state index contributed by atoms with van der Waals surface area (Å²) in [6.07, 6.45) is 3.61. The third kappa shape index (κ3) is 3.10. The molecule has 0 radical (unpaired) electrons. The summed E-state index contributed by atoms with van der Waals surface area (Å²) in [7, 11) is -2.91. The second kappa shape index (κ2) is 4.54. The molecule has 0 amide bonds. The fourth-order valence-electron chi connectivity index (χ4n) is 1.01. The lowest BCUT2D eigenvalue weighted by Gasteiger charge is -2.06. The molecule has 0 aliphatic rings. The third-order valence-corrected chi connectivity index (χ3v) is 4.30. The van der Waals surface area contributed by atoms with Gasteiger partial charge in [-0.15, -0.1) is 0 Å². The van der Waals surface area contributed by atoms with Crippen LogP contribution in [0.15, 0.2) is 12.7 Å². The maximum Gasteiger partial charge on any atom is 0.152 e. The second-order valence-corrected chi connectivity index (χ2v) is 6.10. The topological polar surface area (TPSA) is 64.8 Å². The van der Waals surface area contributed by atoms with E-state index in [1.165, 1.54) is 6.33 Å². The van der Waals surface area contributed by atoms with Crippen molar-refractivity contribution < 1.29 is 8.42 Å². The highest BCUT2D eigenvalue weighted by atomic mass is 32.2. The van der Waals surface area contributed by atoms with Crippen LogP contribution in [0.3, 0.4) is 0 Å². The van der Waals surface area contributed by atoms with Gasteiger partial charge < -0.3 is 0 Å². The van der Waals surface area contributed by atoms with E-state index in [-0.39, 0.29) is 11.0 Å². The van der Waals surface area contributed by atoms with Crippen LogP contribution in [0.4, 0.5) is 0 Å². The molecule has 0 aliphatic carbocycles. The molecule has 1 heterocycles. The van der Waals surface area contributed by atoms with Gasteiger partial charge >= 0.3 is 0 Å². The predicted molar refractivity (Wildman–Crippen MR) is 53.6 cm³/mol. The van der Waals surface area contributed by atoms with Crippen molar-refractivity contribution in [2.45, 2.75) is 32.1 Å². The van der Waals surface area contributed by atoms with Crippen LogP contribution >= 0.6 is 0 Å². The van der Waals surface area contributed by atoms with E-state index in [1.54, 1.807) is 24.9 Å².